The molecule has 0 saturated carbocycles. The van der Waals surface area contributed by atoms with Crippen molar-refractivity contribution >= 4 is 21.7 Å². The number of rotatable bonds is 7. The summed E-state index contributed by atoms with van der Waals surface area (Å²) in [5, 5.41) is 7.40. The van der Waals surface area contributed by atoms with Crippen LogP contribution < -0.4 is 5.32 Å². The molecule has 4 nitrogen and oxygen atoms in total. The van der Waals surface area contributed by atoms with Gasteiger partial charge in [-0.1, -0.05) is 31.2 Å². The molecular formula is C16H20BrN3O. The number of hydrogen-bond acceptors (Lipinski definition) is 3. The Morgan fingerprint density at radius 2 is 2.14 bits per heavy atom. The molecule has 2 rings (SSSR count). The Morgan fingerprint density at radius 1 is 1.38 bits per heavy atom. The second-order valence-electron chi connectivity index (χ2n) is 4.90. The molecule has 0 aliphatic rings. The quantitative estimate of drug-likeness (QED) is 0.781. The third-order valence-corrected chi connectivity index (χ3v) is 3.93. The maximum atomic E-state index is 12.9. The largest absolute Gasteiger partial charge is 0.319 e. The highest BCUT2D eigenvalue weighted by molar-refractivity contribution is 9.10. The number of hydrogen-bond donors (Lipinski definition) is 1. The van der Waals surface area contributed by atoms with E-state index in [1.165, 1.54) is 0 Å². The zero-order valence-electron chi connectivity index (χ0n) is 12.4. The first kappa shape index (κ1) is 15.9. The van der Waals surface area contributed by atoms with Crippen molar-refractivity contribution in [2.45, 2.75) is 26.3 Å². The van der Waals surface area contributed by atoms with Crippen LogP contribution in [0.5, 0.6) is 0 Å². The first-order chi connectivity index (χ1) is 10.2. The summed E-state index contributed by atoms with van der Waals surface area (Å²) in [6.45, 7) is 3.66. The number of likely N-dealkylation sites (N-methyl/N-ethyl adjacent to an activating group) is 1. The van der Waals surface area contributed by atoms with Gasteiger partial charge in [-0.15, -0.1) is 0 Å². The third kappa shape index (κ3) is 3.60. The first-order valence-electron chi connectivity index (χ1n) is 7.17. The normalized spacial score (nSPS) is 10.8. The smallest absolute Gasteiger partial charge is 0.212 e. The van der Waals surface area contributed by atoms with Gasteiger partial charge in [-0.3, -0.25) is 9.48 Å². The third-order valence-electron chi connectivity index (χ3n) is 3.35. The first-order valence-corrected chi connectivity index (χ1v) is 7.96. The summed E-state index contributed by atoms with van der Waals surface area (Å²) in [5.74, 6) is 0.0273. The van der Waals surface area contributed by atoms with Crippen molar-refractivity contribution in [3.05, 3.63) is 51.8 Å². The Balaban J connectivity index is 2.38. The van der Waals surface area contributed by atoms with Crippen LogP contribution in [-0.4, -0.2) is 29.2 Å². The molecule has 1 heterocycles. The lowest BCUT2D eigenvalue weighted by molar-refractivity contribution is 0.102. The van der Waals surface area contributed by atoms with E-state index in [4.69, 9.17) is 0 Å². The number of nitrogens with zero attached hydrogens (tertiary/aromatic N) is 2. The molecule has 0 unspecified atom stereocenters. The molecular weight excluding hydrogens is 330 g/mol. The zero-order valence-corrected chi connectivity index (χ0v) is 14.0. The van der Waals surface area contributed by atoms with Gasteiger partial charge in [0.2, 0.25) is 5.78 Å². The van der Waals surface area contributed by atoms with E-state index in [9.17, 15) is 4.79 Å². The number of ketones is 1. The lowest BCUT2D eigenvalue weighted by Gasteiger charge is -2.10. The van der Waals surface area contributed by atoms with Gasteiger partial charge in [0.25, 0.3) is 0 Å². The van der Waals surface area contributed by atoms with Crippen molar-refractivity contribution in [1.29, 1.82) is 0 Å². The molecule has 0 atom stereocenters. The van der Waals surface area contributed by atoms with E-state index < -0.39 is 0 Å². The Hall–Kier alpha value is -1.46. The van der Waals surface area contributed by atoms with E-state index in [1.807, 2.05) is 31.3 Å². The number of benzene rings is 1. The molecule has 0 aliphatic carbocycles. The highest BCUT2D eigenvalue weighted by atomic mass is 79.9. The van der Waals surface area contributed by atoms with Crippen LogP contribution >= 0.6 is 15.9 Å². The number of carbonyl (C=O) groups excluding carboxylic acids is 1. The predicted molar refractivity (Wildman–Crippen MR) is 87.7 cm³/mol. The van der Waals surface area contributed by atoms with Crippen LogP contribution in [0.2, 0.25) is 0 Å². The van der Waals surface area contributed by atoms with E-state index in [0.717, 1.165) is 41.5 Å². The lowest BCUT2D eigenvalue weighted by Crippen LogP contribution is -2.16. The maximum Gasteiger partial charge on any atom is 0.212 e. The monoisotopic (exact) mass is 349 g/mol. The summed E-state index contributed by atoms with van der Waals surface area (Å²) >= 11 is 3.45. The highest BCUT2D eigenvalue weighted by Crippen LogP contribution is 2.22. The van der Waals surface area contributed by atoms with Gasteiger partial charge in [0.05, 0.1) is 10.7 Å². The Labute approximate surface area is 133 Å². The Kier molecular flexibility index (Phi) is 5.70. The number of halogens is 1. The molecule has 1 aromatic carbocycles. The van der Waals surface area contributed by atoms with E-state index in [1.54, 1.807) is 10.9 Å². The van der Waals surface area contributed by atoms with Gasteiger partial charge < -0.3 is 5.32 Å². The molecule has 1 aromatic heterocycles. The van der Waals surface area contributed by atoms with Gasteiger partial charge >= 0.3 is 0 Å². The van der Waals surface area contributed by atoms with Crippen molar-refractivity contribution in [2.75, 3.05) is 13.6 Å². The molecule has 0 aliphatic heterocycles. The number of nitrogens with one attached hydrogen (secondary N) is 1. The summed E-state index contributed by atoms with van der Waals surface area (Å²) in [6, 6.07) is 7.78. The molecule has 112 valence electrons. The fourth-order valence-corrected chi connectivity index (χ4v) is 2.79. The van der Waals surface area contributed by atoms with Crippen LogP contribution in [0.4, 0.5) is 0 Å². The molecule has 0 saturated heterocycles. The fraction of sp³-hybridized carbons (Fsp3) is 0.375. The van der Waals surface area contributed by atoms with Crippen molar-refractivity contribution in [2.24, 2.45) is 0 Å². The molecule has 0 bridgehead atoms. The van der Waals surface area contributed by atoms with E-state index in [-0.39, 0.29) is 5.78 Å². The molecule has 0 spiro atoms. The minimum absolute atomic E-state index is 0.0273. The van der Waals surface area contributed by atoms with Gasteiger partial charge in [0.1, 0.15) is 5.69 Å². The number of aromatic nitrogens is 2. The number of carbonyl (C=O) groups is 1. The van der Waals surface area contributed by atoms with Crippen LogP contribution in [0.25, 0.3) is 0 Å². The maximum absolute atomic E-state index is 12.9. The molecule has 5 heteroatoms. The summed E-state index contributed by atoms with van der Waals surface area (Å²) in [4.78, 5) is 12.9. The highest BCUT2D eigenvalue weighted by Gasteiger charge is 2.20. The summed E-state index contributed by atoms with van der Waals surface area (Å²) < 4.78 is 2.53. The van der Waals surface area contributed by atoms with E-state index >= 15 is 0 Å². The van der Waals surface area contributed by atoms with Crippen LogP contribution in [0.3, 0.4) is 0 Å². The van der Waals surface area contributed by atoms with Crippen molar-refractivity contribution in [3.8, 4) is 0 Å². The van der Waals surface area contributed by atoms with Gasteiger partial charge in [-0.25, -0.2) is 0 Å². The van der Waals surface area contributed by atoms with E-state index in [2.05, 4.69) is 33.3 Å². The predicted octanol–water partition coefficient (Wildman–Crippen LogP) is 3.05. The molecule has 0 radical (unpaired) electrons. The second-order valence-corrected chi connectivity index (χ2v) is 5.76. The minimum atomic E-state index is 0.0273. The minimum Gasteiger partial charge on any atom is -0.319 e. The molecule has 1 N–H and O–H groups in total. The van der Waals surface area contributed by atoms with E-state index in [0.29, 0.717) is 5.69 Å². The average Bonchev–Trinajstić information content (AvgIpc) is 2.86. The van der Waals surface area contributed by atoms with Crippen LogP contribution in [0.15, 0.2) is 34.9 Å². The van der Waals surface area contributed by atoms with Gasteiger partial charge in [-0.2, -0.15) is 5.10 Å². The van der Waals surface area contributed by atoms with Crippen LogP contribution in [0.1, 0.15) is 35.0 Å². The van der Waals surface area contributed by atoms with Gasteiger partial charge in [0.15, 0.2) is 0 Å². The van der Waals surface area contributed by atoms with Crippen LogP contribution in [0, 0.1) is 0 Å². The molecule has 0 amide bonds. The SMILES string of the molecule is CCCn1ncc(Br)c1C(=O)c1ccccc1CCNC. The van der Waals surface area contributed by atoms with Crippen LogP contribution in [-0.2, 0) is 13.0 Å². The molecule has 0 fully saturated rings. The topological polar surface area (TPSA) is 46.9 Å². The van der Waals surface area contributed by atoms with Gasteiger partial charge in [-0.05, 0) is 47.9 Å². The standard InChI is InChI=1S/C16H20BrN3O/c1-3-10-20-15(14(17)11-19-20)16(21)13-7-5-4-6-12(13)8-9-18-2/h4-7,11,18H,3,8-10H2,1-2H3. The Bertz CT molecular complexity index is 622. The zero-order chi connectivity index (χ0) is 15.2. The molecule has 2 aromatic rings. The van der Waals surface area contributed by atoms with Crippen molar-refractivity contribution < 1.29 is 4.79 Å². The molecule has 21 heavy (non-hydrogen) atoms. The lowest BCUT2D eigenvalue weighted by atomic mass is 9.99. The second kappa shape index (κ2) is 7.52. The number of aryl methyl sites for hydroxylation is 1. The summed E-state index contributed by atoms with van der Waals surface area (Å²) in [5.41, 5.74) is 2.45. The van der Waals surface area contributed by atoms with Crippen molar-refractivity contribution in [3.63, 3.8) is 0 Å². The van der Waals surface area contributed by atoms with Crippen molar-refractivity contribution in [1.82, 2.24) is 15.1 Å². The Morgan fingerprint density at radius 3 is 2.86 bits per heavy atom. The summed E-state index contributed by atoms with van der Waals surface area (Å²) in [6.07, 6.45) is 3.47. The van der Waals surface area contributed by atoms with Gasteiger partial charge in [0, 0.05) is 12.1 Å². The fourth-order valence-electron chi connectivity index (χ4n) is 2.32. The average molecular weight is 350 g/mol. The summed E-state index contributed by atoms with van der Waals surface area (Å²) in [7, 11) is 1.91.